The maximum atomic E-state index is 13.2. The second-order valence-corrected chi connectivity index (χ2v) is 10.6. The average Bonchev–Trinajstić information content (AvgIpc) is 3.04. The van der Waals surface area contributed by atoms with Crippen LogP contribution in [0, 0.1) is 17.3 Å². The minimum atomic E-state index is -0.445. The first kappa shape index (κ1) is 19.6. The van der Waals surface area contributed by atoms with Crippen LogP contribution in [-0.4, -0.2) is 29.7 Å². The number of Topliss-reactive ketones (excluding diaryl/α,β-unsaturated/α-hetero) is 1. The van der Waals surface area contributed by atoms with Gasteiger partial charge in [0.15, 0.2) is 5.78 Å². The smallest absolute Gasteiger partial charge is 0.227 e. The van der Waals surface area contributed by atoms with E-state index in [1.165, 1.54) is 25.7 Å². The number of amides is 1. The van der Waals surface area contributed by atoms with Crippen molar-refractivity contribution in [1.82, 2.24) is 4.90 Å². The molecular formula is C24H31NO2S. The quantitative estimate of drug-likeness (QED) is 0.622. The van der Waals surface area contributed by atoms with E-state index in [1.54, 1.807) is 11.3 Å². The number of hydrogen-bond acceptors (Lipinski definition) is 3. The van der Waals surface area contributed by atoms with Gasteiger partial charge >= 0.3 is 0 Å². The molecule has 2 heterocycles. The van der Waals surface area contributed by atoms with Crippen LogP contribution in [0.15, 0.2) is 24.3 Å². The van der Waals surface area contributed by atoms with E-state index in [9.17, 15) is 9.59 Å². The molecule has 2 atom stereocenters. The number of hydrogen-bond donors (Lipinski definition) is 0. The van der Waals surface area contributed by atoms with Gasteiger partial charge in [-0.15, -0.1) is 11.3 Å². The molecule has 3 nitrogen and oxygen atoms in total. The van der Waals surface area contributed by atoms with Crippen molar-refractivity contribution in [3.8, 4) is 0 Å². The zero-order chi connectivity index (χ0) is 19.9. The Bertz CT molecular complexity index is 892. The molecule has 1 saturated carbocycles. The molecule has 4 heteroatoms. The van der Waals surface area contributed by atoms with Gasteiger partial charge in [0.05, 0.1) is 11.3 Å². The van der Waals surface area contributed by atoms with Crippen LogP contribution < -0.4 is 0 Å². The Kier molecular flexibility index (Phi) is 5.34. The molecule has 1 amide bonds. The molecule has 28 heavy (non-hydrogen) atoms. The molecule has 0 N–H and O–H groups in total. The average molecular weight is 398 g/mol. The highest BCUT2D eigenvalue weighted by Crippen LogP contribution is 2.38. The number of carbonyl (C=O) groups excluding carboxylic acids is 2. The maximum absolute atomic E-state index is 13.2. The van der Waals surface area contributed by atoms with Crippen LogP contribution in [0.1, 0.15) is 68.1 Å². The fourth-order valence-corrected chi connectivity index (χ4v) is 6.26. The van der Waals surface area contributed by atoms with E-state index in [4.69, 9.17) is 0 Å². The number of ketones is 1. The molecule has 1 aliphatic heterocycles. The highest BCUT2D eigenvalue weighted by atomic mass is 32.1. The zero-order valence-corrected chi connectivity index (χ0v) is 18.1. The second kappa shape index (κ2) is 7.62. The maximum Gasteiger partial charge on any atom is 0.227 e. The molecule has 1 aromatic heterocycles. The number of thiophene rings is 1. The van der Waals surface area contributed by atoms with E-state index in [0.29, 0.717) is 12.3 Å². The first-order valence-corrected chi connectivity index (χ1v) is 11.5. The van der Waals surface area contributed by atoms with Crippen molar-refractivity contribution in [2.45, 2.75) is 59.3 Å². The molecule has 0 unspecified atom stereocenters. The van der Waals surface area contributed by atoms with Crippen LogP contribution in [0.4, 0.5) is 0 Å². The molecule has 4 rings (SSSR count). The number of nitrogens with zero attached hydrogens (tertiary/aromatic N) is 1. The van der Waals surface area contributed by atoms with Gasteiger partial charge in [0.25, 0.3) is 0 Å². The van der Waals surface area contributed by atoms with E-state index in [1.807, 2.05) is 32.9 Å². The lowest BCUT2D eigenvalue weighted by Gasteiger charge is -2.41. The summed E-state index contributed by atoms with van der Waals surface area (Å²) in [5.41, 5.74) is 0.496. The van der Waals surface area contributed by atoms with Crippen LogP contribution >= 0.6 is 11.3 Å². The SMILES string of the molecule is CC(C)(C)C(=O)c1sc2ccccc2c1CC(=O)N1CC[C@H]2CCCC[C@H]2C1. The van der Waals surface area contributed by atoms with Gasteiger partial charge in [-0.05, 0) is 41.7 Å². The molecule has 0 bridgehead atoms. The van der Waals surface area contributed by atoms with Crippen molar-refractivity contribution in [3.63, 3.8) is 0 Å². The molecule has 2 aromatic rings. The molecule has 2 fully saturated rings. The van der Waals surface area contributed by atoms with Gasteiger partial charge in [0.2, 0.25) is 5.91 Å². The fraction of sp³-hybridized carbons (Fsp3) is 0.583. The van der Waals surface area contributed by atoms with E-state index < -0.39 is 5.41 Å². The molecular weight excluding hydrogens is 366 g/mol. The largest absolute Gasteiger partial charge is 0.342 e. The summed E-state index contributed by atoms with van der Waals surface area (Å²) >= 11 is 1.55. The molecule has 150 valence electrons. The van der Waals surface area contributed by atoms with Gasteiger partial charge < -0.3 is 4.90 Å². The monoisotopic (exact) mass is 397 g/mol. The zero-order valence-electron chi connectivity index (χ0n) is 17.3. The predicted molar refractivity (Wildman–Crippen MR) is 116 cm³/mol. The van der Waals surface area contributed by atoms with Crippen molar-refractivity contribution < 1.29 is 9.59 Å². The van der Waals surface area contributed by atoms with E-state index in [0.717, 1.165) is 46.0 Å². The lowest BCUT2D eigenvalue weighted by atomic mass is 9.75. The Morgan fingerprint density at radius 2 is 1.79 bits per heavy atom. The molecule has 1 saturated heterocycles. The van der Waals surface area contributed by atoms with Crippen LogP contribution in [0.25, 0.3) is 10.1 Å². The number of benzene rings is 1. The highest BCUT2D eigenvalue weighted by molar-refractivity contribution is 7.21. The third-order valence-corrected chi connectivity index (χ3v) is 7.77. The van der Waals surface area contributed by atoms with Crippen molar-refractivity contribution in [2.24, 2.45) is 17.3 Å². The van der Waals surface area contributed by atoms with Gasteiger partial charge in [0.1, 0.15) is 0 Å². The normalized spacial score (nSPS) is 22.9. The summed E-state index contributed by atoms with van der Waals surface area (Å²) in [6.45, 7) is 7.66. The minimum Gasteiger partial charge on any atom is -0.342 e. The first-order chi connectivity index (χ1) is 13.3. The molecule has 1 aromatic carbocycles. The Hall–Kier alpha value is -1.68. The molecule has 2 aliphatic rings. The molecule has 1 aliphatic carbocycles. The Balaban J connectivity index is 1.60. The number of piperidine rings is 1. The van der Waals surface area contributed by atoms with E-state index in [2.05, 4.69) is 17.0 Å². The number of likely N-dealkylation sites (tertiary alicyclic amines) is 1. The van der Waals surface area contributed by atoms with Crippen molar-refractivity contribution in [3.05, 3.63) is 34.7 Å². The molecule has 0 spiro atoms. The van der Waals surface area contributed by atoms with Crippen molar-refractivity contribution in [2.75, 3.05) is 13.1 Å². The summed E-state index contributed by atoms with van der Waals surface area (Å²) in [5.74, 6) is 1.83. The standard InChI is InChI=1S/C24H31NO2S/c1-24(2,3)23(27)22-19(18-10-6-7-11-20(18)28-22)14-21(26)25-13-12-16-8-4-5-9-17(16)15-25/h6-7,10-11,16-17H,4-5,8-9,12-15H2,1-3H3/t16-,17+/m1/s1. The fourth-order valence-electron chi connectivity index (χ4n) is 4.89. The summed E-state index contributed by atoms with van der Waals surface area (Å²) in [6, 6.07) is 8.12. The first-order valence-electron chi connectivity index (χ1n) is 10.7. The predicted octanol–water partition coefficient (Wildman–Crippen LogP) is 5.71. The Morgan fingerprint density at radius 3 is 2.54 bits per heavy atom. The van der Waals surface area contributed by atoms with Gasteiger partial charge in [-0.25, -0.2) is 0 Å². The number of fused-ring (bicyclic) bond motifs is 2. The lowest BCUT2D eigenvalue weighted by molar-refractivity contribution is -0.133. The number of rotatable bonds is 3. The highest BCUT2D eigenvalue weighted by Gasteiger charge is 2.34. The van der Waals surface area contributed by atoms with Gasteiger partial charge in [-0.3, -0.25) is 9.59 Å². The van der Waals surface area contributed by atoms with Crippen LogP contribution in [0.5, 0.6) is 0 Å². The summed E-state index contributed by atoms with van der Waals surface area (Å²) in [5, 5.41) is 1.07. The second-order valence-electron chi connectivity index (χ2n) is 9.59. The number of carbonyl (C=O) groups is 2. The lowest BCUT2D eigenvalue weighted by Crippen LogP contribution is -2.45. The summed E-state index contributed by atoms with van der Waals surface area (Å²) in [6.07, 6.45) is 6.76. The van der Waals surface area contributed by atoms with Crippen LogP contribution in [-0.2, 0) is 11.2 Å². The van der Waals surface area contributed by atoms with Gasteiger partial charge in [-0.1, -0.05) is 58.2 Å². The minimum absolute atomic E-state index is 0.141. The van der Waals surface area contributed by atoms with Gasteiger partial charge in [-0.2, -0.15) is 0 Å². The van der Waals surface area contributed by atoms with Crippen LogP contribution in [0.2, 0.25) is 0 Å². The van der Waals surface area contributed by atoms with E-state index in [-0.39, 0.29) is 11.7 Å². The Labute approximate surface area is 172 Å². The van der Waals surface area contributed by atoms with E-state index >= 15 is 0 Å². The molecule has 0 radical (unpaired) electrons. The Morgan fingerprint density at radius 1 is 1.07 bits per heavy atom. The topological polar surface area (TPSA) is 37.4 Å². The summed E-state index contributed by atoms with van der Waals surface area (Å²) < 4.78 is 1.10. The van der Waals surface area contributed by atoms with Crippen molar-refractivity contribution in [1.29, 1.82) is 0 Å². The van der Waals surface area contributed by atoms with Gasteiger partial charge in [0, 0.05) is 23.2 Å². The summed E-state index contributed by atoms with van der Waals surface area (Å²) in [7, 11) is 0. The third-order valence-electron chi connectivity index (χ3n) is 6.56. The third kappa shape index (κ3) is 3.76. The van der Waals surface area contributed by atoms with Crippen molar-refractivity contribution >= 4 is 33.1 Å². The summed E-state index contributed by atoms with van der Waals surface area (Å²) in [4.78, 5) is 29.2. The van der Waals surface area contributed by atoms with Crippen LogP contribution in [0.3, 0.4) is 0 Å².